The van der Waals surface area contributed by atoms with E-state index in [0.717, 1.165) is 4.90 Å². The maximum Gasteiger partial charge on any atom is 0.329 e. The van der Waals surface area contributed by atoms with Gasteiger partial charge < -0.3 is 5.32 Å². The predicted molar refractivity (Wildman–Crippen MR) is 79.9 cm³/mol. The van der Waals surface area contributed by atoms with E-state index in [9.17, 15) is 18.4 Å². The fourth-order valence-corrected chi connectivity index (χ4v) is 2.28. The molecule has 1 aliphatic rings. The molecule has 3 amide bonds. The zero-order chi connectivity index (χ0) is 16.4. The predicted octanol–water partition coefficient (Wildman–Crippen LogP) is 3.06. The first-order valence-electron chi connectivity index (χ1n) is 6.88. The first kappa shape index (κ1) is 14.9. The minimum absolute atomic E-state index is 0.0249. The minimum Gasteiger partial charge on any atom is -0.303 e. The molecule has 116 valence electrons. The lowest BCUT2D eigenvalue weighted by Gasteiger charge is -2.12. The van der Waals surface area contributed by atoms with Crippen molar-refractivity contribution in [2.75, 3.05) is 0 Å². The van der Waals surface area contributed by atoms with Crippen LogP contribution < -0.4 is 5.32 Å². The molecule has 0 spiro atoms. The molecule has 0 atom stereocenters. The quantitative estimate of drug-likeness (QED) is 0.699. The Morgan fingerprint density at radius 1 is 1.04 bits per heavy atom. The van der Waals surface area contributed by atoms with E-state index in [4.69, 9.17) is 0 Å². The normalized spacial score (nSPS) is 16.1. The van der Waals surface area contributed by atoms with E-state index in [0.29, 0.717) is 5.56 Å². The Kier molecular flexibility index (Phi) is 3.89. The lowest BCUT2D eigenvalue weighted by Crippen LogP contribution is -2.30. The van der Waals surface area contributed by atoms with E-state index in [1.807, 2.05) is 0 Å². The standard InChI is InChI=1S/C17H12F2N2O2/c18-13-6-3-4-11(8-13)9-15-16(22)21(17(23)20-15)10-12-5-1-2-7-14(12)19/h1-9H,10H2,(H,20,23)/b15-9+. The molecule has 23 heavy (non-hydrogen) atoms. The van der Waals surface area contributed by atoms with Gasteiger partial charge in [-0.15, -0.1) is 0 Å². The fourth-order valence-electron chi connectivity index (χ4n) is 2.28. The molecular formula is C17H12F2N2O2. The summed E-state index contributed by atoms with van der Waals surface area (Å²) in [5, 5.41) is 2.42. The van der Waals surface area contributed by atoms with E-state index in [1.54, 1.807) is 12.1 Å². The summed E-state index contributed by atoms with van der Waals surface area (Å²) in [6, 6.07) is 10.9. The molecular weight excluding hydrogens is 302 g/mol. The maximum absolute atomic E-state index is 13.7. The largest absolute Gasteiger partial charge is 0.329 e. The Morgan fingerprint density at radius 3 is 2.57 bits per heavy atom. The Morgan fingerprint density at radius 2 is 1.83 bits per heavy atom. The minimum atomic E-state index is -0.638. The second kappa shape index (κ2) is 6.00. The van der Waals surface area contributed by atoms with Crippen LogP contribution in [0.2, 0.25) is 0 Å². The smallest absolute Gasteiger partial charge is 0.303 e. The van der Waals surface area contributed by atoms with E-state index in [1.165, 1.54) is 42.5 Å². The summed E-state index contributed by atoms with van der Waals surface area (Å²) < 4.78 is 26.8. The summed E-state index contributed by atoms with van der Waals surface area (Å²) in [5.74, 6) is -1.52. The van der Waals surface area contributed by atoms with Crippen molar-refractivity contribution in [1.29, 1.82) is 0 Å². The molecule has 2 aromatic rings. The molecule has 1 fully saturated rings. The number of hydrogen-bond acceptors (Lipinski definition) is 2. The molecule has 3 rings (SSSR count). The van der Waals surface area contributed by atoms with Crippen LogP contribution in [-0.2, 0) is 11.3 Å². The number of carbonyl (C=O) groups excluding carboxylic acids is 2. The molecule has 0 unspecified atom stereocenters. The Hall–Kier alpha value is -3.02. The van der Waals surface area contributed by atoms with Crippen LogP contribution in [-0.4, -0.2) is 16.8 Å². The van der Waals surface area contributed by atoms with Crippen LogP contribution >= 0.6 is 0 Å². The maximum atomic E-state index is 13.7. The van der Waals surface area contributed by atoms with Gasteiger partial charge in [0.15, 0.2) is 0 Å². The van der Waals surface area contributed by atoms with E-state index >= 15 is 0 Å². The van der Waals surface area contributed by atoms with Crippen LogP contribution in [0.15, 0.2) is 54.2 Å². The molecule has 0 aliphatic carbocycles. The third kappa shape index (κ3) is 3.11. The number of halogens is 2. The first-order valence-corrected chi connectivity index (χ1v) is 6.88. The van der Waals surface area contributed by atoms with Crippen LogP contribution in [0, 0.1) is 11.6 Å². The molecule has 1 heterocycles. The Labute approximate surface area is 131 Å². The van der Waals surface area contributed by atoms with E-state index in [-0.39, 0.29) is 17.8 Å². The fraction of sp³-hybridized carbons (Fsp3) is 0.0588. The van der Waals surface area contributed by atoms with Gasteiger partial charge >= 0.3 is 6.03 Å². The summed E-state index contributed by atoms with van der Waals surface area (Å²) in [6.45, 7) is -0.169. The van der Waals surface area contributed by atoms with Crippen molar-refractivity contribution in [3.05, 3.63) is 77.0 Å². The average molecular weight is 314 g/mol. The molecule has 6 heteroatoms. The first-order chi connectivity index (χ1) is 11.0. The number of urea groups is 1. The highest BCUT2D eigenvalue weighted by Crippen LogP contribution is 2.18. The van der Waals surface area contributed by atoms with Crippen LogP contribution in [0.1, 0.15) is 11.1 Å². The summed E-state index contributed by atoms with van der Waals surface area (Å²) >= 11 is 0. The molecule has 0 saturated carbocycles. The SMILES string of the molecule is O=C1N/C(=C/c2cccc(F)c2)C(=O)N1Cc1ccccc1F. The molecule has 0 bridgehead atoms. The zero-order valence-corrected chi connectivity index (χ0v) is 11.9. The number of rotatable bonds is 3. The van der Waals surface area contributed by atoms with Crippen LogP contribution in [0.5, 0.6) is 0 Å². The third-order valence-corrected chi connectivity index (χ3v) is 3.41. The summed E-state index contributed by atoms with van der Waals surface area (Å²) in [4.78, 5) is 25.1. The van der Waals surface area contributed by atoms with Gasteiger partial charge in [0.25, 0.3) is 5.91 Å². The van der Waals surface area contributed by atoms with Gasteiger partial charge in [-0.2, -0.15) is 0 Å². The van der Waals surface area contributed by atoms with Gasteiger partial charge in [-0.05, 0) is 29.8 Å². The molecule has 1 aliphatic heterocycles. The highest BCUT2D eigenvalue weighted by molar-refractivity contribution is 6.13. The topological polar surface area (TPSA) is 49.4 Å². The van der Waals surface area contributed by atoms with E-state index < -0.39 is 23.6 Å². The van der Waals surface area contributed by atoms with Crippen LogP contribution in [0.25, 0.3) is 6.08 Å². The van der Waals surface area contributed by atoms with Gasteiger partial charge in [0.05, 0.1) is 6.54 Å². The summed E-state index contributed by atoms with van der Waals surface area (Å²) in [7, 11) is 0. The van der Waals surface area contributed by atoms with E-state index in [2.05, 4.69) is 5.32 Å². The summed E-state index contributed by atoms with van der Waals surface area (Å²) in [6.07, 6.45) is 1.38. The Bertz CT molecular complexity index is 818. The van der Waals surface area contributed by atoms with Gasteiger partial charge in [0, 0.05) is 5.56 Å². The van der Waals surface area contributed by atoms with Crippen molar-refractivity contribution >= 4 is 18.0 Å². The van der Waals surface area contributed by atoms with Crippen molar-refractivity contribution in [3.63, 3.8) is 0 Å². The van der Waals surface area contributed by atoms with Gasteiger partial charge in [0.1, 0.15) is 17.3 Å². The zero-order valence-electron chi connectivity index (χ0n) is 11.9. The van der Waals surface area contributed by atoms with Gasteiger partial charge in [-0.3, -0.25) is 9.69 Å². The number of hydrogen-bond donors (Lipinski definition) is 1. The molecule has 1 N–H and O–H groups in total. The average Bonchev–Trinajstić information content (AvgIpc) is 2.77. The third-order valence-electron chi connectivity index (χ3n) is 3.41. The van der Waals surface area contributed by atoms with Gasteiger partial charge in [-0.1, -0.05) is 30.3 Å². The molecule has 4 nitrogen and oxygen atoms in total. The number of imide groups is 1. The number of benzene rings is 2. The van der Waals surface area contributed by atoms with Crippen molar-refractivity contribution in [3.8, 4) is 0 Å². The monoisotopic (exact) mass is 314 g/mol. The van der Waals surface area contributed by atoms with Crippen LogP contribution in [0.4, 0.5) is 13.6 Å². The lowest BCUT2D eigenvalue weighted by molar-refractivity contribution is -0.123. The van der Waals surface area contributed by atoms with Gasteiger partial charge in [0.2, 0.25) is 0 Å². The Balaban J connectivity index is 1.84. The number of carbonyl (C=O) groups is 2. The van der Waals surface area contributed by atoms with Crippen molar-refractivity contribution < 1.29 is 18.4 Å². The highest BCUT2D eigenvalue weighted by Gasteiger charge is 2.33. The second-order valence-corrected chi connectivity index (χ2v) is 5.03. The van der Waals surface area contributed by atoms with Gasteiger partial charge in [-0.25, -0.2) is 13.6 Å². The van der Waals surface area contributed by atoms with Crippen molar-refractivity contribution in [2.24, 2.45) is 0 Å². The van der Waals surface area contributed by atoms with Crippen molar-refractivity contribution in [2.45, 2.75) is 6.54 Å². The lowest BCUT2D eigenvalue weighted by atomic mass is 10.1. The highest BCUT2D eigenvalue weighted by atomic mass is 19.1. The number of amides is 3. The second-order valence-electron chi connectivity index (χ2n) is 5.03. The number of nitrogens with zero attached hydrogens (tertiary/aromatic N) is 1. The summed E-state index contributed by atoms with van der Waals surface area (Å²) in [5.41, 5.74) is 0.710. The molecule has 0 radical (unpaired) electrons. The van der Waals surface area contributed by atoms with Crippen molar-refractivity contribution in [1.82, 2.24) is 10.2 Å². The molecule has 1 saturated heterocycles. The molecule has 0 aromatic heterocycles. The molecule has 2 aromatic carbocycles. The van der Waals surface area contributed by atoms with Crippen LogP contribution in [0.3, 0.4) is 0 Å². The number of nitrogens with one attached hydrogen (secondary N) is 1.